The molecule has 110 valence electrons. The molecule has 2 aliphatic heterocycles. The number of benzene rings is 1. The fourth-order valence-electron chi connectivity index (χ4n) is 3.75. The lowest BCUT2D eigenvalue weighted by atomic mass is 9.96. The van der Waals surface area contributed by atoms with Gasteiger partial charge >= 0.3 is 0 Å². The molecule has 3 nitrogen and oxygen atoms in total. The number of nitrogens with two attached hydrogens (primary N) is 1. The van der Waals surface area contributed by atoms with E-state index in [9.17, 15) is 0 Å². The summed E-state index contributed by atoms with van der Waals surface area (Å²) in [5, 5.41) is 0. The maximum Gasteiger partial charge on any atom is 0.0399 e. The van der Waals surface area contributed by atoms with Crippen molar-refractivity contribution in [2.24, 2.45) is 5.73 Å². The Morgan fingerprint density at radius 2 is 2.10 bits per heavy atom. The Balaban J connectivity index is 1.65. The molecule has 0 aliphatic carbocycles. The Kier molecular flexibility index (Phi) is 4.27. The summed E-state index contributed by atoms with van der Waals surface area (Å²) in [4.78, 5) is 5.05. The largest absolute Gasteiger partial charge is 0.370 e. The highest BCUT2D eigenvalue weighted by atomic mass is 15.2. The molecule has 2 N–H and O–H groups in total. The Morgan fingerprint density at radius 1 is 1.25 bits per heavy atom. The first-order chi connectivity index (χ1) is 9.74. The molecule has 2 unspecified atom stereocenters. The van der Waals surface area contributed by atoms with E-state index in [2.05, 4.69) is 41.1 Å². The first kappa shape index (κ1) is 13.9. The summed E-state index contributed by atoms with van der Waals surface area (Å²) >= 11 is 0. The number of likely N-dealkylation sites (tertiary alicyclic amines) is 1. The van der Waals surface area contributed by atoms with Crippen molar-refractivity contribution in [2.45, 2.75) is 44.2 Å². The summed E-state index contributed by atoms with van der Waals surface area (Å²) in [7, 11) is 2.28. The fourth-order valence-corrected chi connectivity index (χ4v) is 3.75. The van der Waals surface area contributed by atoms with Gasteiger partial charge in [0.05, 0.1) is 0 Å². The minimum atomic E-state index is 0.286. The van der Waals surface area contributed by atoms with Crippen LogP contribution >= 0.6 is 0 Å². The van der Waals surface area contributed by atoms with Crippen LogP contribution in [-0.4, -0.2) is 43.7 Å². The summed E-state index contributed by atoms with van der Waals surface area (Å²) in [6, 6.07) is 9.81. The molecule has 0 aromatic heterocycles. The molecular weight excluding hydrogens is 246 g/mol. The Morgan fingerprint density at radius 3 is 2.95 bits per heavy atom. The van der Waals surface area contributed by atoms with E-state index < -0.39 is 0 Å². The molecule has 1 fully saturated rings. The SMILES string of the molecule is CN1CCCCC1CCN1CC(N)Cc2ccccc21. The van der Waals surface area contributed by atoms with Gasteiger partial charge in [0.25, 0.3) is 0 Å². The summed E-state index contributed by atoms with van der Waals surface area (Å²) < 4.78 is 0. The van der Waals surface area contributed by atoms with E-state index in [4.69, 9.17) is 5.73 Å². The standard InChI is InChI=1S/C17H27N3/c1-19-10-5-4-7-16(19)9-11-20-13-15(18)12-14-6-2-3-8-17(14)20/h2-3,6,8,15-16H,4-5,7,9-13,18H2,1H3. The first-order valence-corrected chi connectivity index (χ1v) is 8.02. The third kappa shape index (κ3) is 2.99. The quantitative estimate of drug-likeness (QED) is 0.917. The summed E-state index contributed by atoms with van der Waals surface area (Å²) in [6.45, 7) is 3.41. The second kappa shape index (κ2) is 6.15. The molecule has 0 spiro atoms. The van der Waals surface area contributed by atoms with E-state index >= 15 is 0 Å². The zero-order chi connectivity index (χ0) is 13.9. The molecule has 0 bridgehead atoms. The Labute approximate surface area is 122 Å². The van der Waals surface area contributed by atoms with E-state index in [0.717, 1.165) is 25.6 Å². The topological polar surface area (TPSA) is 32.5 Å². The van der Waals surface area contributed by atoms with E-state index in [-0.39, 0.29) is 6.04 Å². The van der Waals surface area contributed by atoms with Gasteiger partial charge in [0.2, 0.25) is 0 Å². The van der Waals surface area contributed by atoms with Gasteiger partial charge in [-0.25, -0.2) is 0 Å². The molecule has 1 saturated heterocycles. The molecule has 1 aromatic carbocycles. The molecule has 0 radical (unpaired) electrons. The van der Waals surface area contributed by atoms with Crippen LogP contribution in [0, 0.1) is 0 Å². The van der Waals surface area contributed by atoms with Gasteiger partial charge in [-0.15, -0.1) is 0 Å². The summed E-state index contributed by atoms with van der Waals surface area (Å²) in [6.07, 6.45) is 6.40. The molecule has 2 aliphatic rings. The van der Waals surface area contributed by atoms with Gasteiger partial charge in [-0.1, -0.05) is 24.6 Å². The zero-order valence-corrected chi connectivity index (χ0v) is 12.6. The summed E-state index contributed by atoms with van der Waals surface area (Å²) in [5.74, 6) is 0. The Hall–Kier alpha value is -1.06. The molecule has 2 heterocycles. The van der Waals surface area contributed by atoms with Crippen LogP contribution in [0.1, 0.15) is 31.2 Å². The average Bonchev–Trinajstić information content (AvgIpc) is 2.46. The van der Waals surface area contributed by atoms with Crippen molar-refractivity contribution in [1.29, 1.82) is 0 Å². The molecule has 1 aromatic rings. The average molecular weight is 273 g/mol. The second-order valence-electron chi connectivity index (χ2n) is 6.46. The van der Waals surface area contributed by atoms with E-state index in [1.54, 1.807) is 0 Å². The number of piperidine rings is 1. The van der Waals surface area contributed by atoms with Crippen LogP contribution in [0.3, 0.4) is 0 Å². The molecule has 2 atom stereocenters. The third-order valence-corrected chi connectivity index (χ3v) is 4.92. The van der Waals surface area contributed by atoms with Crippen LogP contribution in [0.25, 0.3) is 0 Å². The fraction of sp³-hybridized carbons (Fsp3) is 0.647. The van der Waals surface area contributed by atoms with Crippen LogP contribution in [0.15, 0.2) is 24.3 Å². The minimum Gasteiger partial charge on any atom is -0.370 e. The lowest BCUT2D eigenvalue weighted by Gasteiger charge is -2.38. The predicted molar refractivity (Wildman–Crippen MR) is 85.2 cm³/mol. The van der Waals surface area contributed by atoms with Gasteiger partial charge in [-0.05, 0) is 50.9 Å². The molecule has 3 heteroatoms. The molecule has 20 heavy (non-hydrogen) atoms. The number of fused-ring (bicyclic) bond motifs is 1. The lowest BCUT2D eigenvalue weighted by Crippen LogP contribution is -2.45. The number of hydrogen-bond acceptors (Lipinski definition) is 3. The van der Waals surface area contributed by atoms with Gasteiger partial charge < -0.3 is 15.5 Å². The van der Waals surface area contributed by atoms with Crippen molar-refractivity contribution < 1.29 is 0 Å². The minimum absolute atomic E-state index is 0.286. The molecular formula is C17H27N3. The van der Waals surface area contributed by atoms with E-state index in [1.165, 1.54) is 43.5 Å². The van der Waals surface area contributed by atoms with Gasteiger partial charge in [0.15, 0.2) is 0 Å². The predicted octanol–water partition coefficient (Wildman–Crippen LogP) is 2.25. The maximum absolute atomic E-state index is 6.22. The smallest absolute Gasteiger partial charge is 0.0399 e. The van der Waals surface area contributed by atoms with Crippen LogP contribution in [0.5, 0.6) is 0 Å². The highest BCUT2D eigenvalue weighted by Crippen LogP contribution is 2.27. The highest BCUT2D eigenvalue weighted by molar-refractivity contribution is 5.56. The summed E-state index contributed by atoms with van der Waals surface area (Å²) in [5.41, 5.74) is 9.05. The number of hydrogen-bond donors (Lipinski definition) is 1. The van der Waals surface area contributed by atoms with Gasteiger partial charge in [-0.3, -0.25) is 0 Å². The normalized spacial score (nSPS) is 27.4. The van der Waals surface area contributed by atoms with Gasteiger partial charge in [-0.2, -0.15) is 0 Å². The third-order valence-electron chi connectivity index (χ3n) is 4.92. The van der Waals surface area contributed by atoms with E-state index in [0.29, 0.717) is 0 Å². The van der Waals surface area contributed by atoms with Crippen molar-refractivity contribution in [2.75, 3.05) is 31.6 Å². The first-order valence-electron chi connectivity index (χ1n) is 8.02. The second-order valence-corrected chi connectivity index (χ2v) is 6.46. The Bertz CT molecular complexity index is 446. The molecule has 3 rings (SSSR count). The highest BCUT2D eigenvalue weighted by Gasteiger charge is 2.24. The molecule has 0 amide bonds. The monoisotopic (exact) mass is 273 g/mol. The van der Waals surface area contributed by atoms with Crippen LogP contribution in [-0.2, 0) is 6.42 Å². The number of para-hydroxylation sites is 1. The zero-order valence-electron chi connectivity index (χ0n) is 12.6. The van der Waals surface area contributed by atoms with E-state index in [1.807, 2.05) is 0 Å². The maximum atomic E-state index is 6.22. The van der Waals surface area contributed by atoms with Crippen molar-refractivity contribution in [3.63, 3.8) is 0 Å². The van der Waals surface area contributed by atoms with Crippen molar-refractivity contribution in [1.82, 2.24) is 4.90 Å². The van der Waals surface area contributed by atoms with Crippen LogP contribution in [0.4, 0.5) is 5.69 Å². The van der Waals surface area contributed by atoms with Crippen LogP contribution in [0.2, 0.25) is 0 Å². The van der Waals surface area contributed by atoms with Gasteiger partial charge in [0, 0.05) is 30.9 Å². The van der Waals surface area contributed by atoms with Crippen molar-refractivity contribution in [3.05, 3.63) is 29.8 Å². The molecule has 0 saturated carbocycles. The van der Waals surface area contributed by atoms with Crippen LogP contribution < -0.4 is 10.6 Å². The number of rotatable bonds is 3. The van der Waals surface area contributed by atoms with Gasteiger partial charge in [0.1, 0.15) is 0 Å². The lowest BCUT2D eigenvalue weighted by molar-refractivity contribution is 0.177. The van der Waals surface area contributed by atoms with Crippen molar-refractivity contribution in [3.8, 4) is 0 Å². The number of nitrogens with zero attached hydrogens (tertiary/aromatic N) is 2. The number of anilines is 1. The van der Waals surface area contributed by atoms with Crippen molar-refractivity contribution >= 4 is 5.69 Å².